The van der Waals surface area contributed by atoms with Crippen LogP contribution < -0.4 is 26.0 Å². The van der Waals surface area contributed by atoms with Gasteiger partial charge in [0.1, 0.15) is 11.5 Å². The van der Waals surface area contributed by atoms with Gasteiger partial charge in [0.25, 0.3) is 0 Å². The van der Waals surface area contributed by atoms with E-state index in [9.17, 15) is 0 Å². The molecular weight excluding hydrogens is 1270 g/mol. The number of hydrogen-bond donors (Lipinski definition) is 0. The van der Waals surface area contributed by atoms with Crippen molar-refractivity contribution in [3.05, 3.63) is 304 Å². The van der Waals surface area contributed by atoms with E-state index < -0.39 is 5.41 Å². The molecule has 16 rings (SSSR count). The standard InChI is InChI=1S/C101H103BN2O/c1-94(2,3)68-41-46-86-78(57-68)79-58-69(95(4,5)6)42-47-87(79)103(86)75-43-45-84-88(61-75)104(93-76(62-32-24-22-25-33-62)59-74(100(19,20)21)60-77(93)63-34-26-23-27-35-63)89-54-67(66-50-72(98(13,14)15)56-73(51-66)99(16,17)18)52-83-92(89)102(84)85-53-64(65-48-70(96(7,8)9)55-71(49-65)97(10,11)12)40-44-80(85)101(83)81-36-28-30-38-90(81)105-91-39-31-29-37-82(91)101/h22-61H,1-21H3. The van der Waals surface area contributed by atoms with Crippen molar-refractivity contribution in [2.75, 3.05) is 4.90 Å². The Balaban J connectivity index is 1.14. The summed E-state index contributed by atoms with van der Waals surface area (Å²) in [5.41, 5.74) is 32.4. The lowest BCUT2D eigenvalue weighted by Crippen LogP contribution is -2.65. The molecular formula is C101H103BN2O. The Morgan fingerprint density at radius 3 is 1.16 bits per heavy atom. The summed E-state index contributed by atoms with van der Waals surface area (Å²) < 4.78 is 9.87. The van der Waals surface area contributed by atoms with Crippen LogP contribution >= 0.6 is 0 Å². The fourth-order valence-corrected chi connectivity index (χ4v) is 17.1. The fraction of sp³-hybridized carbons (Fsp3) is 0.287. The zero-order chi connectivity index (χ0) is 74.2. The number of benzene rings is 12. The molecule has 4 heteroatoms. The smallest absolute Gasteiger partial charge is 0.247 e. The predicted molar refractivity (Wildman–Crippen MR) is 451 cm³/mol. The monoisotopic (exact) mass is 1370 g/mol. The van der Waals surface area contributed by atoms with Crippen LogP contribution in [0.2, 0.25) is 0 Å². The van der Waals surface area contributed by atoms with Gasteiger partial charge in [-0.3, -0.25) is 0 Å². The number of anilines is 3. The Bertz CT molecular complexity index is 5430. The molecule has 0 unspecified atom stereocenters. The Morgan fingerprint density at radius 2 is 0.705 bits per heavy atom. The molecule has 3 aliphatic heterocycles. The molecule has 0 saturated carbocycles. The highest BCUT2D eigenvalue weighted by Crippen LogP contribution is 2.60. The van der Waals surface area contributed by atoms with Crippen molar-refractivity contribution in [1.29, 1.82) is 0 Å². The summed E-state index contributed by atoms with van der Waals surface area (Å²) in [5, 5.41) is 2.53. The van der Waals surface area contributed by atoms with Crippen LogP contribution in [0, 0.1) is 0 Å². The predicted octanol–water partition coefficient (Wildman–Crippen LogP) is 25.6. The van der Waals surface area contributed by atoms with Gasteiger partial charge in [-0.25, -0.2) is 0 Å². The van der Waals surface area contributed by atoms with Gasteiger partial charge in [0.05, 0.1) is 22.1 Å². The number of hydrogen-bond acceptors (Lipinski definition) is 2. The molecule has 0 saturated heterocycles. The van der Waals surface area contributed by atoms with Crippen LogP contribution in [0.5, 0.6) is 11.5 Å². The lowest BCUT2D eigenvalue weighted by atomic mass is 9.29. The van der Waals surface area contributed by atoms with Gasteiger partial charge in [0, 0.05) is 50.1 Å². The lowest BCUT2D eigenvalue weighted by molar-refractivity contribution is 0.435. The van der Waals surface area contributed by atoms with E-state index in [2.05, 4.69) is 398 Å². The van der Waals surface area contributed by atoms with Crippen molar-refractivity contribution >= 4 is 62.0 Å². The van der Waals surface area contributed by atoms with Crippen molar-refractivity contribution in [1.82, 2.24) is 4.57 Å². The maximum absolute atomic E-state index is 7.29. The van der Waals surface area contributed by atoms with Crippen LogP contribution in [0.3, 0.4) is 0 Å². The maximum Gasteiger partial charge on any atom is 0.247 e. The first-order chi connectivity index (χ1) is 49.5. The van der Waals surface area contributed by atoms with Crippen LogP contribution in [-0.2, 0) is 43.3 Å². The average molecular weight is 1370 g/mol. The molecule has 13 aromatic rings. The maximum atomic E-state index is 7.29. The van der Waals surface area contributed by atoms with Crippen molar-refractivity contribution in [2.24, 2.45) is 0 Å². The first-order valence-electron chi connectivity index (χ1n) is 38.3. The van der Waals surface area contributed by atoms with Gasteiger partial charge in [-0.1, -0.05) is 321 Å². The molecule has 1 spiro atoms. The number of nitrogens with zero attached hydrogens (tertiary/aromatic N) is 2. The highest BCUT2D eigenvalue weighted by molar-refractivity contribution is 6.99. The molecule has 0 atom stereocenters. The van der Waals surface area contributed by atoms with E-state index in [4.69, 9.17) is 4.74 Å². The molecule has 526 valence electrons. The van der Waals surface area contributed by atoms with Crippen LogP contribution in [0.1, 0.15) is 207 Å². The second-order valence-corrected chi connectivity index (χ2v) is 37.9. The molecule has 0 radical (unpaired) electrons. The third kappa shape index (κ3) is 11.6. The second kappa shape index (κ2) is 24.1. The third-order valence-electron chi connectivity index (χ3n) is 23.3. The quantitative estimate of drug-likeness (QED) is 0.154. The first kappa shape index (κ1) is 69.5. The summed E-state index contributed by atoms with van der Waals surface area (Å²) in [7, 11) is 0. The van der Waals surface area contributed by atoms with Gasteiger partial charge < -0.3 is 14.2 Å². The molecule has 0 amide bonds. The van der Waals surface area contributed by atoms with Crippen LogP contribution in [0.25, 0.3) is 72.0 Å². The van der Waals surface area contributed by atoms with Crippen molar-refractivity contribution < 1.29 is 4.74 Å². The van der Waals surface area contributed by atoms with Gasteiger partial charge >= 0.3 is 0 Å². The first-order valence-corrected chi connectivity index (χ1v) is 38.3. The van der Waals surface area contributed by atoms with E-state index >= 15 is 0 Å². The molecule has 3 aliphatic rings. The molecule has 0 N–H and O–H groups in total. The Kier molecular flexibility index (Phi) is 15.9. The zero-order valence-electron chi connectivity index (χ0n) is 66.0. The van der Waals surface area contributed by atoms with Gasteiger partial charge in [-0.15, -0.1) is 0 Å². The van der Waals surface area contributed by atoms with Gasteiger partial charge in [-0.2, -0.15) is 0 Å². The minimum absolute atomic E-state index is 0.0622. The van der Waals surface area contributed by atoms with Crippen LogP contribution in [0.15, 0.2) is 243 Å². The normalized spacial score (nSPS) is 14.3. The fourth-order valence-electron chi connectivity index (χ4n) is 17.1. The lowest BCUT2D eigenvalue weighted by Gasteiger charge is -2.51. The highest BCUT2D eigenvalue weighted by Gasteiger charge is 2.55. The number of fused-ring (bicyclic) bond motifs is 13. The number of aromatic nitrogens is 1. The van der Waals surface area contributed by atoms with Crippen molar-refractivity contribution in [2.45, 2.75) is 189 Å². The van der Waals surface area contributed by atoms with Crippen molar-refractivity contribution in [3.63, 3.8) is 0 Å². The molecule has 0 bridgehead atoms. The summed E-state index contributed by atoms with van der Waals surface area (Å²) >= 11 is 0. The van der Waals surface area contributed by atoms with E-state index in [1.165, 1.54) is 122 Å². The largest absolute Gasteiger partial charge is 0.457 e. The third-order valence-corrected chi connectivity index (χ3v) is 23.3. The number of para-hydroxylation sites is 2. The highest BCUT2D eigenvalue weighted by atomic mass is 16.5. The van der Waals surface area contributed by atoms with Crippen molar-refractivity contribution in [3.8, 4) is 61.7 Å². The Hall–Kier alpha value is -9.90. The summed E-state index contributed by atoms with van der Waals surface area (Å²) in [4.78, 5) is 2.78. The molecule has 4 heterocycles. The molecule has 105 heavy (non-hydrogen) atoms. The minimum atomic E-state index is -0.890. The van der Waals surface area contributed by atoms with E-state index in [0.717, 1.165) is 56.5 Å². The van der Waals surface area contributed by atoms with E-state index in [1.807, 2.05) is 0 Å². The van der Waals surface area contributed by atoms with E-state index in [-0.39, 0.29) is 44.6 Å². The summed E-state index contributed by atoms with van der Waals surface area (Å²) in [6, 6.07) is 95.5. The Morgan fingerprint density at radius 1 is 0.286 bits per heavy atom. The van der Waals surface area contributed by atoms with Gasteiger partial charge in [-0.05, 0) is 205 Å². The van der Waals surface area contributed by atoms with E-state index in [0.29, 0.717) is 0 Å². The van der Waals surface area contributed by atoms with Gasteiger partial charge in [0.15, 0.2) is 0 Å². The molecule has 3 nitrogen and oxygen atoms in total. The number of rotatable bonds is 6. The van der Waals surface area contributed by atoms with Crippen LogP contribution in [0.4, 0.5) is 17.1 Å². The molecule has 12 aromatic carbocycles. The van der Waals surface area contributed by atoms with E-state index in [1.54, 1.807) is 0 Å². The Labute approximate surface area is 626 Å². The summed E-state index contributed by atoms with van der Waals surface area (Å²) in [6.45, 7) is 49.3. The molecule has 0 fully saturated rings. The topological polar surface area (TPSA) is 17.4 Å². The summed E-state index contributed by atoms with van der Waals surface area (Å²) in [6.07, 6.45) is 0. The van der Waals surface area contributed by atoms with Gasteiger partial charge in [0.2, 0.25) is 6.71 Å². The number of ether oxygens (including phenoxy) is 1. The zero-order valence-corrected chi connectivity index (χ0v) is 66.0. The SMILES string of the molecule is CC(C)(C)c1cc(-c2ccc3c(c2)B2c4ccc(-n5c6ccc(C(C)(C)C)cc6c6cc(C(C)(C)C)ccc65)cc4N(c4c(-c5ccccc5)cc(C(C)(C)C)cc4-c4ccccc4)c4cc(-c5cc(C(C)(C)C)cc(C(C)(C)C)c5)cc(c42)C32c3ccccc3Oc3ccccc32)cc(C(C)(C)C)c1. The van der Waals surface area contributed by atoms with Crippen LogP contribution in [-0.4, -0.2) is 11.3 Å². The molecule has 1 aromatic heterocycles. The molecule has 0 aliphatic carbocycles. The summed E-state index contributed by atoms with van der Waals surface area (Å²) in [5.74, 6) is 1.73. The average Bonchev–Trinajstić information content (AvgIpc) is 0.967. The minimum Gasteiger partial charge on any atom is -0.457 e. The second-order valence-electron chi connectivity index (χ2n) is 37.9.